The van der Waals surface area contributed by atoms with Crippen molar-refractivity contribution in [3.05, 3.63) is 65.5 Å². The third-order valence-corrected chi connectivity index (χ3v) is 4.08. The zero-order chi connectivity index (χ0) is 19.4. The monoisotopic (exact) mass is 364 g/mol. The van der Waals surface area contributed by atoms with Gasteiger partial charge in [-0.3, -0.25) is 4.79 Å². The molecule has 0 unspecified atom stereocenters. The third kappa shape index (κ3) is 4.76. The number of aryl methyl sites for hydroxylation is 2. The van der Waals surface area contributed by atoms with Crippen LogP contribution in [0.25, 0.3) is 11.5 Å². The smallest absolute Gasteiger partial charge is 0.255 e. The average Bonchev–Trinajstić information content (AvgIpc) is 2.99. The van der Waals surface area contributed by atoms with Crippen molar-refractivity contribution in [2.75, 3.05) is 11.9 Å². The van der Waals surface area contributed by atoms with Crippen LogP contribution >= 0.6 is 0 Å². The summed E-state index contributed by atoms with van der Waals surface area (Å²) in [6.45, 7) is 8.57. The number of anilines is 1. The highest BCUT2D eigenvalue weighted by molar-refractivity contribution is 6.04. The van der Waals surface area contributed by atoms with Gasteiger partial charge in [-0.2, -0.15) is 0 Å². The largest absolute Gasteiger partial charge is 0.493 e. The lowest BCUT2D eigenvalue weighted by molar-refractivity contribution is 0.102. The predicted octanol–water partition coefficient (Wildman–Crippen LogP) is 5.25. The van der Waals surface area contributed by atoms with Crippen LogP contribution in [-0.2, 0) is 0 Å². The Morgan fingerprint density at radius 1 is 1.15 bits per heavy atom. The number of amides is 1. The Kier molecular flexibility index (Phi) is 5.60. The van der Waals surface area contributed by atoms with Gasteiger partial charge in [-0.15, -0.1) is 0 Å². The maximum atomic E-state index is 12.6. The molecule has 0 saturated heterocycles. The standard InChI is InChI=1S/C22H24N2O3/c1-14(2)13-26-20-10-6-7-17(12-20)21(25)24-19-9-5-8-18(11-19)22-23-15(3)16(4)27-22/h5-12,14H,13H2,1-4H3,(H,24,25). The summed E-state index contributed by atoms with van der Waals surface area (Å²) in [5.74, 6) is 2.26. The van der Waals surface area contributed by atoms with Crippen molar-refractivity contribution in [1.29, 1.82) is 0 Å². The van der Waals surface area contributed by atoms with Crippen LogP contribution in [0, 0.1) is 19.8 Å². The molecule has 140 valence electrons. The second kappa shape index (κ2) is 8.08. The van der Waals surface area contributed by atoms with E-state index in [1.165, 1.54) is 0 Å². The van der Waals surface area contributed by atoms with Crippen molar-refractivity contribution in [3.63, 3.8) is 0 Å². The van der Waals surface area contributed by atoms with E-state index in [1.54, 1.807) is 12.1 Å². The molecule has 1 heterocycles. The number of benzene rings is 2. The maximum Gasteiger partial charge on any atom is 0.255 e. The fraction of sp³-hybridized carbons (Fsp3) is 0.273. The van der Waals surface area contributed by atoms with Crippen molar-refractivity contribution >= 4 is 11.6 Å². The summed E-state index contributed by atoms with van der Waals surface area (Å²) in [5, 5.41) is 2.92. The summed E-state index contributed by atoms with van der Waals surface area (Å²) in [4.78, 5) is 17.0. The number of hydrogen-bond donors (Lipinski definition) is 1. The zero-order valence-electron chi connectivity index (χ0n) is 16.1. The summed E-state index contributed by atoms with van der Waals surface area (Å²) in [7, 11) is 0. The molecule has 3 rings (SSSR count). The molecule has 0 aliphatic carbocycles. The molecule has 1 amide bonds. The van der Waals surface area contributed by atoms with Crippen molar-refractivity contribution in [2.24, 2.45) is 5.92 Å². The Balaban J connectivity index is 1.74. The number of carbonyl (C=O) groups is 1. The van der Waals surface area contributed by atoms with Gasteiger partial charge < -0.3 is 14.5 Å². The Bertz CT molecular complexity index is 925. The first kappa shape index (κ1) is 18.7. The molecule has 0 aliphatic rings. The molecule has 0 aliphatic heterocycles. The summed E-state index contributed by atoms with van der Waals surface area (Å²) in [5.41, 5.74) is 2.90. The molecular formula is C22H24N2O3. The SMILES string of the molecule is Cc1nc(-c2cccc(NC(=O)c3cccc(OCC(C)C)c3)c2)oc1C. The minimum Gasteiger partial charge on any atom is -0.493 e. The molecule has 0 radical (unpaired) electrons. The zero-order valence-corrected chi connectivity index (χ0v) is 16.1. The molecule has 0 saturated carbocycles. The minimum atomic E-state index is -0.193. The van der Waals surface area contributed by atoms with Crippen LogP contribution in [0.1, 0.15) is 35.7 Å². The Morgan fingerprint density at radius 3 is 2.63 bits per heavy atom. The van der Waals surface area contributed by atoms with Crippen LogP contribution < -0.4 is 10.1 Å². The van der Waals surface area contributed by atoms with Gasteiger partial charge in [0.1, 0.15) is 11.5 Å². The predicted molar refractivity (Wildman–Crippen MR) is 106 cm³/mol. The summed E-state index contributed by atoms with van der Waals surface area (Å²) >= 11 is 0. The van der Waals surface area contributed by atoms with Crippen molar-refractivity contribution in [2.45, 2.75) is 27.7 Å². The number of nitrogens with one attached hydrogen (secondary N) is 1. The van der Waals surface area contributed by atoms with Gasteiger partial charge >= 0.3 is 0 Å². The molecule has 0 atom stereocenters. The molecule has 5 nitrogen and oxygen atoms in total. The first-order valence-corrected chi connectivity index (χ1v) is 9.01. The van der Waals surface area contributed by atoms with Gasteiger partial charge in [0.2, 0.25) is 5.89 Å². The van der Waals surface area contributed by atoms with Crippen molar-refractivity contribution in [3.8, 4) is 17.2 Å². The Morgan fingerprint density at radius 2 is 1.93 bits per heavy atom. The average molecular weight is 364 g/mol. The summed E-state index contributed by atoms with van der Waals surface area (Å²) < 4.78 is 11.4. The van der Waals surface area contributed by atoms with Crippen LogP contribution in [0.2, 0.25) is 0 Å². The maximum absolute atomic E-state index is 12.6. The number of rotatable bonds is 6. The van der Waals surface area contributed by atoms with E-state index in [2.05, 4.69) is 24.1 Å². The number of hydrogen-bond acceptors (Lipinski definition) is 4. The van der Waals surface area contributed by atoms with Gasteiger partial charge in [-0.1, -0.05) is 26.0 Å². The Labute approximate surface area is 159 Å². The molecule has 3 aromatic rings. The number of oxazole rings is 1. The molecule has 0 spiro atoms. The van der Waals surface area contributed by atoms with E-state index in [-0.39, 0.29) is 5.91 Å². The van der Waals surface area contributed by atoms with Gasteiger partial charge in [-0.05, 0) is 56.2 Å². The quantitative estimate of drug-likeness (QED) is 0.649. The molecule has 0 bridgehead atoms. The highest BCUT2D eigenvalue weighted by Gasteiger charge is 2.11. The van der Waals surface area contributed by atoms with Crippen LogP contribution in [0.5, 0.6) is 5.75 Å². The number of nitrogens with zero attached hydrogens (tertiary/aromatic N) is 1. The van der Waals surface area contributed by atoms with E-state index in [9.17, 15) is 4.79 Å². The lowest BCUT2D eigenvalue weighted by Crippen LogP contribution is -2.12. The van der Waals surface area contributed by atoms with Crippen LogP contribution in [0.4, 0.5) is 5.69 Å². The third-order valence-electron chi connectivity index (χ3n) is 4.08. The van der Waals surface area contributed by atoms with Crippen LogP contribution in [-0.4, -0.2) is 17.5 Å². The number of carbonyl (C=O) groups excluding carboxylic acids is 1. The molecule has 27 heavy (non-hydrogen) atoms. The number of aromatic nitrogens is 1. The minimum absolute atomic E-state index is 0.193. The van der Waals surface area contributed by atoms with E-state index in [1.807, 2.05) is 50.2 Å². The second-order valence-corrected chi connectivity index (χ2v) is 6.93. The normalized spacial score (nSPS) is 10.9. The van der Waals surface area contributed by atoms with Gasteiger partial charge in [0.05, 0.1) is 12.3 Å². The van der Waals surface area contributed by atoms with E-state index in [0.29, 0.717) is 35.4 Å². The lowest BCUT2D eigenvalue weighted by Gasteiger charge is -2.10. The topological polar surface area (TPSA) is 64.4 Å². The van der Waals surface area contributed by atoms with Crippen LogP contribution in [0.3, 0.4) is 0 Å². The van der Waals surface area contributed by atoms with E-state index in [0.717, 1.165) is 17.0 Å². The molecular weight excluding hydrogens is 340 g/mol. The number of ether oxygens (including phenoxy) is 1. The van der Waals surface area contributed by atoms with Gasteiger partial charge in [0.15, 0.2) is 0 Å². The van der Waals surface area contributed by atoms with Gasteiger partial charge in [0, 0.05) is 16.8 Å². The molecule has 5 heteroatoms. The second-order valence-electron chi connectivity index (χ2n) is 6.93. The van der Waals surface area contributed by atoms with Gasteiger partial charge in [0.25, 0.3) is 5.91 Å². The van der Waals surface area contributed by atoms with Crippen LogP contribution in [0.15, 0.2) is 52.9 Å². The fourth-order valence-corrected chi connectivity index (χ4v) is 2.52. The molecule has 1 aromatic heterocycles. The summed E-state index contributed by atoms with van der Waals surface area (Å²) in [6, 6.07) is 14.6. The molecule has 0 fully saturated rings. The molecule has 2 aromatic carbocycles. The first-order valence-electron chi connectivity index (χ1n) is 9.01. The highest BCUT2D eigenvalue weighted by atomic mass is 16.5. The van der Waals surface area contributed by atoms with Gasteiger partial charge in [-0.25, -0.2) is 4.98 Å². The summed E-state index contributed by atoms with van der Waals surface area (Å²) in [6.07, 6.45) is 0. The van der Waals surface area contributed by atoms with E-state index < -0.39 is 0 Å². The first-order chi connectivity index (χ1) is 12.9. The highest BCUT2D eigenvalue weighted by Crippen LogP contribution is 2.24. The Hall–Kier alpha value is -3.08. The van der Waals surface area contributed by atoms with E-state index in [4.69, 9.17) is 9.15 Å². The fourth-order valence-electron chi connectivity index (χ4n) is 2.52. The molecule has 1 N–H and O–H groups in total. The van der Waals surface area contributed by atoms with E-state index >= 15 is 0 Å². The van der Waals surface area contributed by atoms with Crippen molar-refractivity contribution < 1.29 is 13.9 Å². The lowest BCUT2D eigenvalue weighted by atomic mass is 10.1. The van der Waals surface area contributed by atoms with Crippen molar-refractivity contribution in [1.82, 2.24) is 4.98 Å².